The van der Waals surface area contributed by atoms with Crippen LogP contribution < -0.4 is 10.5 Å². The second-order valence-corrected chi connectivity index (χ2v) is 5.37. The van der Waals surface area contributed by atoms with E-state index in [1.807, 2.05) is 6.07 Å². The first kappa shape index (κ1) is 15.9. The minimum atomic E-state index is -4.19. The third-order valence-corrected chi connectivity index (χ3v) is 3.67. The molecular weight excluding hydrogens is 281 g/mol. The number of halogens is 3. The maximum atomic E-state index is 12.0. The standard InChI is InChI=1S/C15H21F3N2O/c16-15(17,18)6-10-21-13-4-3-12(14(19)11-13)5-9-20-7-1-2-8-20/h3-4,11H,1-2,5-10,19H2. The third kappa shape index (κ3) is 5.46. The summed E-state index contributed by atoms with van der Waals surface area (Å²) in [6.45, 7) is 2.87. The van der Waals surface area contributed by atoms with Crippen LogP contribution in [0, 0.1) is 0 Å². The second kappa shape index (κ2) is 7.02. The molecule has 2 N–H and O–H groups in total. The van der Waals surface area contributed by atoms with Crippen molar-refractivity contribution in [2.45, 2.75) is 31.9 Å². The van der Waals surface area contributed by atoms with Gasteiger partial charge in [0.2, 0.25) is 0 Å². The number of ether oxygens (including phenoxy) is 1. The normalized spacial score (nSPS) is 16.3. The van der Waals surface area contributed by atoms with E-state index in [4.69, 9.17) is 10.5 Å². The zero-order valence-corrected chi connectivity index (χ0v) is 12.0. The van der Waals surface area contributed by atoms with Gasteiger partial charge < -0.3 is 15.4 Å². The largest absolute Gasteiger partial charge is 0.493 e. The molecule has 21 heavy (non-hydrogen) atoms. The predicted molar refractivity (Wildman–Crippen MR) is 76.4 cm³/mol. The molecule has 3 nitrogen and oxygen atoms in total. The third-order valence-electron chi connectivity index (χ3n) is 3.67. The molecule has 1 aromatic rings. The summed E-state index contributed by atoms with van der Waals surface area (Å²) < 4.78 is 41.2. The monoisotopic (exact) mass is 302 g/mol. The first-order valence-electron chi connectivity index (χ1n) is 7.24. The quantitative estimate of drug-likeness (QED) is 0.820. The number of rotatable bonds is 6. The van der Waals surface area contributed by atoms with E-state index in [-0.39, 0.29) is 6.61 Å². The van der Waals surface area contributed by atoms with E-state index in [9.17, 15) is 13.2 Å². The average molecular weight is 302 g/mol. The Morgan fingerprint density at radius 2 is 1.90 bits per heavy atom. The van der Waals surface area contributed by atoms with Crippen LogP contribution in [-0.2, 0) is 6.42 Å². The molecule has 1 aromatic carbocycles. The molecule has 1 fully saturated rings. The molecule has 0 aromatic heterocycles. The molecule has 1 aliphatic heterocycles. The van der Waals surface area contributed by atoms with Crippen LogP contribution in [0.5, 0.6) is 5.75 Å². The molecule has 0 amide bonds. The van der Waals surface area contributed by atoms with Gasteiger partial charge in [-0.2, -0.15) is 13.2 Å². The number of benzene rings is 1. The molecule has 0 aliphatic carbocycles. The molecule has 0 radical (unpaired) electrons. The van der Waals surface area contributed by atoms with Gasteiger partial charge in [-0.25, -0.2) is 0 Å². The highest BCUT2D eigenvalue weighted by atomic mass is 19.4. The predicted octanol–water partition coefficient (Wildman–Crippen LogP) is 3.24. The lowest BCUT2D eigenvalue weighted by atomic mass is 10.1. The molecule has 1 heterocycles. The summed E-state index contributed by atoms with van der Waals surface area (Å²) >= 11 is 0. The molecule has 118 valence electrons. The first-order valence-corrected chi connectivity index (χ1v) is 7.24. The maximum Gasteiger partial charge on any atom is 0.392 e. The van der Waals surface area contributed by atoms with Crippen molar-refractivity contribution >= 4 is 5.69 Å². The van der Waals surface area contributed by atoms with E-state index in [2.05, 4.69) is 4.90 Å². The number of likely N-dealkylation sites (tertiary alicyclic amines) is 1. The van der Waals surface area contributed by atoms with Crippen molar-refractivity contribution < 1.29 is 17.9 Å². The number of alkyl halides is 3. The molecule has 0 bridgehead atoms. The van der Waals surface area contributed by atoms with Gasteiger partial charge in [0, 0.05) is 18.3 Å². The zero-order chi connectivity index (χ0) is 15.3. The fraction of sp³-hybridized carbons (Fsp3) is 0.600. The van der Waals surface area contributed by atoms with Crippen molar-refractivity contribution in [3.05, 3.63) is 23.8 Å². The van der Waals surface area contributed by atoms with Gasteiger partial charge in [0.15, 0.2) is 0 Å². The smallest absolute Gasteiger partial charge is 0.392 e. The number of nitrogen functional groups attached to an aromatic ring is 1. The van der Waals surface area contributed by atoms with Crippen molar-refractivity contribution in [1.82, 2.24) is 4.90 Å². The van der Waals surface area contributed by atoms with Crippen molar-refractivity contribution in [2.75, 3.05) is 32.0 Å². The minimum Gasteiger partial charge on any atom is -0.493 e. The highest BCUT2D eigenvalue weighted by Gasteiger charge is 2.26. The van der Waals surface area contributed by atoms with Gasteiger partial charge in [0.1, 0.15) is 5.75 Å². The van der Waals surface area contributed by atoms with Crippen molar-refractivity contribution in [3.63, 3.8) is 0 Å². The Morgan fingerprint density at radius 1 is 1.19 bits per heavy atom. The number of nitrogens with zero attached hydrogens (tertiary/aromatic N) is 1. The number of hydrogen-bond acceptors (Lipinski definition) is 3. The first-order chi connectivity index (χ1) is 9.94. The molecule has 1 saturated heterocycles. The van der Waals surface area contributed by atoms with E-state index < -0.39 is 12.6 Å². The fourth-order valence-electron chi connectivity index (χ4n) is 2.46. The maximum absolute atomic E-state index is 12.0. The molecule has 0 atom stereocenters. The molecule has 1 aliphatic rings. The Labute approximate surface area is 122 Å². The molecule has 2 rings (SSSR count). The summed E-state index contributed by atoms with van der Waals surface area (Å²) in [4.78, 5) is 2.40. The van der Waals surface area contributed by atoms with Gasteiger partial charge in [0.05, 0.1) is 13.0 Å². The van der Waals surface area contributed by atoms with E-state index in [0.717, 1.165) is 31.6 Å². The summed E-state index contributed by atoms with van der Waals surface area (Å²) in [7, 11) is 0. The average Bonchev–Trinajstić information content (AvgIpc) is 2.89. The summed E-state index contributed by atoms with van der Waals surface area (Å²) in [5.74, 6) is 0.390. The Kier molecular flexibility index (Phi) is 5.33. The number of anilines is 1. The van der Waals surface area contributed by atoms with Crippen LogP contribution >= 0.6 is 0 Å². The summed E-state index contributed by atoms with van der Waals surface area (Å²) in [6, 6.07) is 5.13. The molecular formula is C15H21F3N2O. The van der Waals surface area contributed by atoms with Gasteiger partial charge >= 0.3 is 6.18 Å². The lowest BCUT2D eigenvalue weighted by molar-refractivity contribution is -0.139. The van der Waals surface area contributed by atoms with Crippen LogP contribution in [0.1, 0.15) is 24.8 Å². The molecule has 0 spiro atoms. The van der Waals surface area contributed by atoms with Crippen molar-refractivity contribution in [3.8, 4) is 5.75 Å². The Morgan fingerprint density at radius 3 is 2.52 bits per heavy atom. The Balaban J connectivity index is 1.82. The van der Waals surface area contributed by atoms with Gasteiger partial charge in [-0.3, -0.25) is 0 Å². The van der Waals surface area contributed by atoms with E-state index in [0.29, 0.717) is 11.4 Å². The van der Waals surface area contributed by atoms with Crippen LogP contribution in [0.3, 0.4) is 0 Å². The molecule has 0 unspecified atom stereocenters. The van der Waals surface area contributed by atoms with Crippen LogP contribution in [0.15, 0.2) is 18.2 Å². The van der Waals surface area contributed by atoms with Crippen LogP contribution in [0.4, 0.5) is 18.9 Å². The SMILES string of the molecule is Nc1cc(OCCC(F)(F)F)ccc1CCN1CCCC1. The van der Waals surface area contributed by atoms with Crippen molar-refractivity contribution in [1.29, 1.82) is 0 Å². The Bertz CT molecular complexity index is 457. The van der Waals surface area contributed by atoms with Crippen LogP contribution in [0.2, 0.25) is 0 Å². The van der Waals surface area contributed by atoms with Gasteiger partial charge in [0.25, 0.3) is 0 Å². The highest BCUT2D eigenvalue weighted by Crippen LogP contribution is 2.23. The Hall–Kier alpha value is -1.43. The molecule has 0 saturated carbocycles. The summed E-state index contributed by atoms with van der Waals surface area (Å²) in [5, 5.41) is 0. The van der Waals surface area contributed by atoms with Crippen LogP contribution in [-0.4, -0.2) is 37.3 Å². The minimum absolute atomic E-state index is 0.379. The van der Waals surface area contributed by atoms with Gasteiger partial charge in [-0.05, 0) is 44.0 Å². The lowest BCUT2D eigenvalue weighted by Crippen LogP contribution is -2.22. The van der Waals surface area contributed by atoms with E-state index >= 15 is 0 Å². The fourth-order valence-corrected chi connectivity index (χ4v) is 2.46. The van der Waals surface area contributed by atoms with Gasteiger partial charge in [-0.15, -0.1) is 0 Å². The summed E-state index contributed by atoms with van der Waals surface area (Å²) in [5.41, 5.74) is 7.54. The van der Waals surface area contributed by atoms with E-state index in [1.54, 1.807) is 12.1 Å². The van der Waals surface area contributed by atoms with Crippen molar-refractivity contribution in [2.24, 2.45) is 0 Å². The highest BCUT2D eigenvalue weighted by molar-refractivity contribution is 5.51. The number of nitrogens with two attached hydrogens (primary N) is 1. The zero-order valence-electron chi connectivity index (χ0n) is 12.0. The summed E-state index contributed by atoms with van der Waals surface area (Å²) in [6.07, 6.45) is -1.79. The lowest BCUT2D eigenvalue weighted by Gasteiger charge is -2.16. The van der Waals surface area contributed by atoms with Gasteiger partial charge in [-0.1, -0.05) is 6.07 Å². The number of hydrogen-bond donors (Lipinski definition) is 1. The van der Waals surface area contributed by atoms with E-state index in [1.165, 1.54) is 12.8 Å². The van der Waals surface area contributed by atoms with Crippen LogP contribution in [0.25, 0.3) is 0 Å². The topological polar surface area (TPSA) is 38.5 Å². The molecule has 6 heteroatoms. The second-order valence-electron chi connectivity index (χ2n) is 5.37.